The number of halogens is 5. The second kappa shape index (κ2) is 4.10. The lowest BCUT2D eigenvalue weighted by Gasteiger charge is -2.13. The summed E-state index contributed by atoms with van der Waals surface area (Å²) in [6.07, 6.45) is -4.42. The van der Waals surface area contributed by atoms with Gasteiger partial charge in [0, 0.05) is 15.5 Å². The summed E-state index contributed by atoms with van der Waals surface area (Å²) in [6.45, 7) is 0. The van der Waals surface area contributed by atoms with Gasteiger partial charge >= 0.3 is 6.18 Å². The minimum absolute atomic E-state index is 0.0283. The molecule has 1 aromatic rings. The van der Waals surface area contributed by atoms with Crippen molar-refractivity contribution in [3.8, 4) is 0 Å². The van der Waals surface area contributed by atoms with Gasteiger partial charge in [0.1, 0.15) is 0 Å². The first-order valence-electron chi connectivity index (χ1n) is 3.57. The molecule has 0 aliphatic rings. The first-order chi connectivity index (χ1) is 6.36. The topological polar surface area (TPSA) is 26.0 Å². The Bertz CT molecular complexity index is 326. The molecule has 1 nitrogen and oxygen atoms in total. The average Bonchev–Trinajstić information content (AvgIpc) is 1.99. The van der Waals surface area contributed by atoms with Crippen LogP contribution < -0.4 is 5.73 Å². The first-order valence-corrected chi connectivity index (χ1v) is 5.48. The summed E-state index contributed by atoms with van der Waals surface area (Å²) in [5, 5.41) is 0.466. The standard InChI is InChI=1S/C8H6Br2F3N/c9-3-4-1-5(10)7(6(14)2-4)8(11,12)13/h1-2H,3,14H2. The van der Waals surface area contributed by atoms with Crippen LogP contribution in [0.1, 0.15) is 11.1 Å². The quantitative estimate of drug-likeness (QED) is 0.611. The molecule has 0 spiro atoms. The van der Waals surface area contributed by atoms with Crippen molar-refractivity contribution in [3.05, 3.63) is 27.7 Å². The van der Waals surface area contributed by atoms with Crippen LogP contribution in [0.15, 0.2) is 16.6 Å². The largest absolute Gasteiger partial charge is 0.419 e. The van der Waals surface area contributed by atoms with Crippen molar-refractivity contribution in [1.29, 1.82) is 0 Å². The molecule has 1 rings (SSSR count). The van der Waals surface area contributed by atoms with Crippen molar-refractivity contribution in [2.45, 2.75) is 11.5 Å². The zero-order chi connectivity index (χ0) is 10.9. The highest BCUT2D eigenvalue weighted by molar-refractivity contribution is 9.10. The monoisotopic (exact) mass is 331 g/mol. The van der Waals surface area contributed by atoms with Gasteiger partial charge < -0.3 is 5.73 Å². The predicted octanol–water partition coefficient (Wildman–Crippen LogP) is 3.95. The lowest BCUT2D eigenvalue weighted by atomic mass is 10.1. The van der Waals surface area contributed by atoms with Crippen molar-refractivity contribution in [1.82, 2.24) is 0 Å². The lowest BCUT2D eigenvalue weighted by molar-refractivity contribution is -0.137. The number of benzene rings is 1. The van der Waals surface area contributed by atoms with Crippen molar-refractivity contribution in [2.75, 3.05) is 5.73 Å². The molecule has 1 aromatic carbocycles. The highest BCUT2D eigenvalue weighted by atomic mass is 79.9. The summed E-state index contributed by atoms with van der Waals surface area (Å²) in [5.41, 5.74) is 4.93. The number of hydrogen-bond acceptors (Lipinski definition) is 1. The number of rotatable bonds is 1. The fraction of sp³-hybridized carbons (Fsp3) is 0.250. The van der Waals surface area contributed by atoms with E-state index in [1.165, 1.54) is 12.1 Å². The Morgan fingerprint density at radius 3 is 2.21 bits per heavy atom. The van der Waals surface area contributed by atoms with Gasteiger partial charge in [0.25, 0.3) is 0 Å². The van der Waals surface area contributed by atoms with Crippen LogP contribution >= 0.6 is 31.9 Å². The van der Waals surface area contributed by atoms with Gasteiger partial charge in [-0.2, -0.15) is 13.2 Å². The Hall–Kier alpha value is -0.230. The fourth-order valence-electron chi connectivity index (χ4n) is 1.06. The number of anilines is 1. The van der Waals surface area contributed by atoms with Gasteiger partial charge in [-0.25, -0.2) is 0 Å². The zero-order valence-corrected chi connectivity index (χ0v) is 10.0. The van der Waals surface area contributed by atoms with E-state index in [0.29, 0.717) is 10.9 Å². The SMILES string of the molecule is Nc1cc(CBr)cc(Br)c1C(F)(F)F. The maximum absolute atomic E-state index is 12.4. The van der Waals surface area contributed by atoms with Crippen LogP contribution in [0.5, 0.6) is 0 Å². The molecule has 2 N–H and O–H groups in total. The third-order valence-corrected chi connectivity index (χ3v) is 2.89. The molecule has 0 fully saturated rings. The van der Waals surface area contributed by atoms with E-state index in [1.807, 2.05) is 0 Å². The Kier molecular flexibility index (Phi) is 3.47. The normalized spacial score (nSPS) is 11.8. The Labute approximate surface area is 95.7 Å². The predicted molar refractivity (Wildman–Crippen MR) is 56.2 cm³/mol. The number of nitrogens with two attached hydrogens (primary N) is 1. The van der Waals surface area contributed by atoms with Crippen molar-refractivity contribution < 1.29 is 13.2 Å². The minimum Gasteiger partial charge on any atom is -0.398 e. The highest BCUT2D eigenvalue weighted by Gasteiger charge is 2.35. The summed E-state index contributed by atoms with van der Waals surface area (Å²) in [4.78, 5) is 0. The molecular weight excluding hydrogens is 327 g/mol. The van der Waals surface area contributed by atoms with Gasteiger partial charge in [-0.1, -0.05) is 31.9 Å². The van der Waals surface area contributed by atoms with E-state index in [1.54, 1.807) is 0 Å². The summed E-state index contributed by atoms with van der Waals surface area (Å²) in [5.74, 6) is 0. The average molecular weight is 333 g/mol. The fourth-order valence-corrected chi connectivity index (χ4v) is 2.13. The molecule has 0 atom stereocenters. The molecule has 6 heteroatoms. The van der Waals surface area contributed by atoms with E-state index in [2.05, 4.69) is 31.9 Å². The van der Waals surface area contributed by atoms with E-state index in [9.17, 15) is 13.2 Å². The van der Waals surface area contributed by atoms with E-state index in [-0.39, 0.29) is 10.2 Å². The second-order valence-electron chi connectivity index (χ2n) is 2.67. The molecule has 0 radical (unpaired) electrons. The smallest absolute Gasteiger partial charge is 0.398 e. The molecule has 0 saturated heterocycles. The van der Waals surface area contributed by atoms with Crippen molar-refractivity contribution in [3.63, 3.8) is 0 Å². The summed E-state index contributed by atoms with van der Waals surface area (Å²) in [7, 11) is 0. The maximum atomic E-state index is 12.4. The molecule has 0 aromatic heterocycles. The Balaban J connectivity index is 3.33. The van der Waals surface area contributed by atoms with Crippen molar-refractivity contribution in [2.24, 2.45) is 0 Å². The minimum atomic E-state index is -4.42. The molecule has 0 unspecified atom stereocenters. The van der Waals surface area contributed by atoms with Crippen LogP contribution in [0.2, 0.25) is 0 Å². The van der Waals surface area contributed by atoms with Crippen LogP contribution in [0.25, 0.3) is 0 Å². The van der Waals surface area contributed by atoms with Crippen LogP contribution in [0, 0.1) is 0 Å². The Morgan fingerprint density at radius 2 is 1.86 bits per heavy atom. The number of alkyl halides is 4. The van der Waals surface area contributed by atoms with E-state index in [0.717, 1.165) is 0 Å². The van der Waals surface area contributed by atoms with Crippen LogP contribution in [-0.4, -0.2) is 0 Å². The zero-order valence-electron chi connectivity index (χ0n) is 6.83. The molecule has 0 heterocycles. The number of hydrogen-bond donors (Lipinski definition) is 1. The summed E-state index contributed by atoms with van der Waals surface area (Å²) < 4.78 is 37.2. The van der Waals surface area contributed by atoms with Crippen molar-refractivity contribution >= 4 is 37.5 Å². The van der Waals surface area contributed by atoms with Crippen LogP contribution in [-0.2, 0) is 11.5 Å². The Morgan fingerprint density at radius 1 is 1.29 bits per heavy atom. The van der Waals surface area contributed by atoms with E-state index in [4.69, 9.17) is 5.73 Å². The third kappa shape index (κ3) is 2.42. The molecular formula is C8H6Br2F3N. The third-order valence-electron chi connectivity index (χ3n) is 1.62. The van der Waals surface area contributed by atoms with Gasteiger partial charge in [-0.3, -0.25) is 0 Å². The molecule has 14 heavy (non-hydrogen) atoms. The van der Waals surface area contributed by atoms with E-state index >= 15 is 0 Å². The van der Waals surface area contributed by atoms with Gasteiger partial charge in [-0.15, -0.1) is 0 Å². The highest BCUT2D eigenvalue weighted by Crippen LogP contribution is 2.39. The lowest BCUT2D eigenvalue weighted by Crippen LogP contribution is -2.10. The van der Waals surface area contributed by atoms with Gasteiger partial charge in [0.05, 0.1) is 5.56 Å². The molecule has 0 bridgehead atoms. The van der Waals surface area contributed by atoms with Crippen LogP contribution in [0.3, 0.4) is 0 Å². The summed E-state index contributed by atoms with van der Waals surface area (Å²) in [6, 6.07) is 2.70. The molecule has 78 valence electrons. The summed E-state index contributed by atoms with van der Waals surface area (Å²) >= 11 is 6.00. The molecule has 0 aliphatic carbocycles. The van der Waals surface area contributed by atoms with Gasteiger partial charge in [-0.05, 0) is 17.7 Å². The molecule has 0 saturated carbocycles. The van der Waals surface area contributed by atoms with Gasteiger partial charge in [0.2, 0.25) is 0 Å². The molecule has 0 aliphatic heterocycles. The maximum Gasteiger partial charge on any atom is 0.419 e. The second-order valence-corrected chi connectivity index (χ2v) is 4.09. The first kappa shape index (κ1) is 11.8. The van der Waals surface area contributed by atoms with Crippen LogP contribution in [0.4, 0.5) is 18.9 Å². The van der Waals surface area contributed by atoms with E-state index < -0.39 is 11.7 Å². The van der Waals surface area contributed by atoms with Gasteiger partial charge in [0.15, 0.2) is 0 Å². The number of nitrogen functional groups attached to an aromatic ring is 1. The molecule has 0 amide bonds.